The van der Waals surface area contributed by atoms with Gasteiger partial charge in [0.1, 0.15) is 5.01 Å². The molecule has 0 saturated heterocycles. The van der Waals surface area contributed by atoms with E-state index in [1.165, 1.54) is 4.88 Å². The number of nitrogens with one attached hydrogen (secondary N) is 2. The van der Waals surface area contributed by atoms with Gasteiger partial charge in [0.25, 0.3) is 0 Å². The fourth-order valence-electron chi connectivity index (χ4n) is 3.24. The minimum absolute atomic E-state index is 0.109. The number of alkyl halides is 3. The summed E-state index contributed by atoms with van der Waals surface area (Å²) >= 11 is 1.64. The van der Waals surface area contributed by atoms with Crippen molar-refractivity contribution >= 4 is 17.3 Å². The topological polar surface area (TPSA) is 49.3 Å². The number of hydrogen-bond donors (Lipinski definition) is 2. The van der Waals surface area contributed by atoms with Gasteiger partial charge in [-0.2, -0.15) is 13.2 Å². The third-order valence-electron chi connectivity index (χ3n) is 4.53. The van der Waals surface area contributed by atoms with Crippen LogP contribution in [0, 0.1) is 12.8 Å². The van der Waals surface area contributed by atoms with Crippen LogP contribution < -0.4 is 10.6 Å². The van der Waals surface area contributed by atoms with Crippen molar-refractivity contribution in [3.8, 4) is 0 Å². The van der Waals surface area contributed by atoms with Gasteiger partial charge in [-0.3, -0.25) is 4.99 Å². The van der Waals surface area contributed by atoms with E-state index in [1.807, 2.05) is 0 Å². The largest absolute Gasteiger partial charge is 0.391 e. The fourth-order valence-corrected chi connectivity index (χ4v) is 4.27. The van der Waals surface area contributed by atoms with Crippen LogP contribution in [0.15, 0.2) is 4.99 Å². The van der Waals surface area contributed by atoms with Crippen molar-refractivity contribution in [2.24, 2.45) is 10.9 Å². The van der Waals surface area contributed by atoms with E-state index in [0.717, 1.165) is 17.1 Å². The van der Waals surface area contributed by atoms with Gasteiger partial charge in [-0.25, -0.2) is 4.98 Å². The van der Waals surface area contributed by atoms with Crippen LogP contribution in [-0.2, 0) is 6.54 Å². The van der Waals surface area contributed by atoms with Gasteiger partial charge in [-0.15, -0.1) is 11.3 Å². The monoisotopic (exact) mass is 376 g/mol. The highest BCUT2D eigenvalue weighted by Crippen LogP contribution is 2.37. The second-order valence-electron chi connectivity index (χ2n) is 6.88. The molecule has 1 saturated carbocycles. The van der Waals surface area contributed by atoms with E-state index in [9.17, 15) is 13.2 Å². The molecule has 0 radical (unpaired) electrons. The zero-order chi connectivity index (χ0) is 18.6. The molecule has 1 aliphatic rings. The van der Waals surface area contributed by atoms with Gasteiger partial charge in [0.2, 0.25) is 0 Å². The van der Waals surface area contributed by atoms with Crippen LogP contribution in [0.2, 0.25) is 0 Å². The minimum Gasteiger partial charge on any atom is -0.354 e. The average Bonchev–Trinajstić information content (AvgIpc) is 2.92. The SMILES string of the molecule is CN=C(NCc1nc(C(C)C)c(C)s1)NC1CCCC(C(F)(F)F)C1. The van der Waals surface area contributed by atoms with E-state index in [4.69, 9.17) is 0 Å². The van der Waals surface area contributed by atoms with Crippen molar-refractivity contribution in [3.63, 3.8) is 0 Å². The molecule has 0 aromatic carbocycles. The molecular weight excluding hydrogens is 349 g/mol. The summed E-state index contributed by atoms with van der Waals surface area (Å²) in [4.78, 5) is 9.97. The molecule has 1 aromatic heterocycles. The van der Waals surface area contributed by atoms with Gasteiger partial charge in [-0.05, 0) is 32.1 Å². The van der Waals surface area contributed by atoms with Gasteiger partial charge >= 0.3 is 6.18 Å². The second kappa shape index (κ2) is 8.38. The summed E-state index contributed by atoms with van der Waals surface area (Å²) in [7, 11) is 1.63. The molecule has 25 heavy (non-hydrogen) atoms. The zero-order valence-corrected chi connectivity index (χ0v) is 16.0. The van der Waals surface area contributed by atoms with Gasteiger partial charge in [0, 0.05) is 18.0 Å². The van der Waals surface area contributed by atoms with Gasteiger partial charge in [-0.1, -0.05) is 20.3 Å². The average molecular weight is 376 g/mol. The fraction of sp³-hybridized carbons (Fsp3) is 0.765. The molecule has 1 fully saturated rings. The summed E-state index contributed by atoms with van der Waals surface area (Å²) in [5.74, 6) is -0.303. The molecule has 2 atom stereocenters. The highest BCUT2D eigenvalue weighted by atomic mass is 32.1. The van der Waals surface area contributed by atoms with Gasteiger partial charge in [0.15, 0.2) is 5.96 Å². The summed E-state index contributed by atoms with van der Waals surface area (Å²) in [5, 5.41) is 7.27. The standard InChI is InChI=1S/C17H27F3N4S/c1-10(2)15-11(3)25-14(24-15)9-22-16(21-4)23-13-7-5-6-12(8-13)17(18,19)20/h10,12-13H,5-9H2,1-4H3,(H2,21,22,23). The highest BCUT2D eigenvalue weighted by molar-refractivity contribution is 7.11. The number of guanidine groups is 1. The molecule has 0 spiro atoms. The molecule has 2 N–H and O–H groups in total. The molecule has 1 aromatic rings. The molecule has 0 amide bonds. The number of halogens is 3. The van der Waals surface area contributed by atoms with Crippen LogP contribution in [-0.4, -0.2) is 30.2 Å². The van der Waals surface area contributed by atoms with Crippen molar-refractivity contribution in [3.05, 3.63) is 15.6 Å². The van der Waals surface area contributed by atoms with Crippen LogP contribution in [0.1, 0.15) is 61.0 Å². The molecule has 1 heterocycles. The maximum absolute atomic E-state index is 12.9. The first kappa shape index (κ1) is 20.0. The lowest BCUT2D eigenvalue weighted by molar-refractivity contribution is -0.183. The lowest BCUT2D eigenvalue weighted by Gasteiger charge is -2.31. The van der Waals surface area contributed by atoms with Crippen LogP contribution >= 0.6 is 11.3 Å². The molecule has 4 nitrogen and oxygen atoms in total. The van der Waals surface area contributed by atoms with Crippen molar-refractivity contribution in [2.75, 3.05) is 7.05 Å². The first-order chi connectivity index (χ1) is 11.7. The maximum atomic E-state index is 12.9. The lowest BCUT2D eigenvalue weighted by Crippen LogP contribution is -2.46. The van der Waals surface area contributed by atoms with E-state index >= 15 is 0 Å². The van der Waals surface area contributed by atoms with Gasteiger partial charge in [0.05, 0.1) is 18.2 Å². The number of aromatic nitrogens is 1. The normalized spacial score (nSPS) is 22.3. The van der Waals surface area contributed by atoms with Crippen LogP contribution in [0.25, 0.3) is 0 Å². The summed E-state index contributed by atoms with van der Waals surface area (Å²) in [6, 6.07) is -0.198. The Morgan fingerprint density at radius 2 is 2.08 bits per heavy atom. The quantitative estimate of drug-likeness (QED) is 0.606. The lowest BCUT2D eigenvalue weighted by atomic mass is 9.85. The predicted octanol–water partition coefficient (Wildman–Crippen LogP) is 4.36. The Bertz CT molecular complexity index is 595. The Kier molecular flexibility index (Phi) is 6.71. The Morgan fingerprint density at radius 1 is 1.36 bits per heavy atom. The highest BCUT2D eigenvalue weighted by Gasteiger charge is 2.42. The number of thiazole rings is 1. The van der Waals surface area contributed by atoms with Crippen LogP contribution in [0.3, 0.4) is 0 Å². The molecule has 8 heteroatoms. The third kappa shape index (κ3) is 5.59. The molecular formula is C17H27F3N4S. The molecule has 2 unspecified atom stereocenters. The Hall–Kier alpha value is -1.31. The van der Waals surface area contributed by atoms with Crippen LogP contribution in [0.4, 0.5) is 13.2 Å². The number of hydrogen-bond acceptors (Lipinski definition) is 3. The molecule has 1 aliphatic carbocycles. The van der Waals surface area contributed by atoms with Crippen molar-refractivity contribution in [2.45, 2.75) is 71.1 Å². The first-order valence-electron chi connectivity index (χ1n) is 8.70. The van der Waals surface area contributed by atoms with Crippen molar-refractivity contribution in [1.29, 1.82) is 0 Å². The van der Waals surface area contributed by atoms with Gasteiger partial charge < -0.3 is 10.6 Å². The zero-order valence-electron chi connectivity index (χ0n) is 15.2. The maximum Gasteiger partial charge on any atom is 0.391 e. The predicted molar refractivity (Wildman–Crippen MR) is 96.1 cm³/mol. The van der Waals surface area contributed by atoms with E-state index in [1.54, 1.807) is 18.4 Å². The number of nitrogens with zero attached hydrogens (tertiary/aromatic N) is 2. The smallest absolute Gasteiger partial charge is 0.354 e. The number of aryl methyl sites for hydroxylation is 1. The molecule has 2 rings (SSSR count). The molecule has 142 valence electrons. The summed E-state index contributed by atoms with van der Waals surface area (Å²) in [6.45, 7) is 6.80. The molecule has 0 aliphatic heterocycles. The summed E-state index contributed by atoms with van der Waals surface area (Å²) in [6.07, 6.45) is -2.45. The second-order valence-corrected chi connectivity index (χ2v) is 8.16. The first-order valence-corrected chi connectivity index (χ1v) is 9.52. The number of rotatable bonds is 4. The van der Waals surface area contributed by atoms with E-state index in [2.05, 4.69) is 41.4 Å². The molecule has 0 bridgehead atoms. The van der Waals surface area contributed by atoms with E-state index in [-0.39, 0.29) is 18.9 Å². The minimum atomic E-state index is -4.11. The van der Waals surface area contributed by atoms with Crippen molar-refractivity contribution in [1.82, 2.24) is 15.6 Å². The Morgan fingerprint density at radius 3 is 2.64 bits per heavy atom. The Labute approximate surface area is 151 Å². The van der Waals surface area contributed by atoms with E-state index < -0.39 is 12.1 Å². The Balaban J connectivity index is 1.89. The number of aliphatic imine (C=N–C) groups is 1. The summed E-state index contributed by atoms with van der Waals surface area (Å²) in [5.41, 5.74) is 1.10. The van der Waals surface area contributed by atoms with E-state index in [0.29, 0.717) is 24.8 Å². The van der Waals surface area contributed by atoms with Crippen molar-refractivity contribution < 1.29 is 13.2 Å². The third-order valence-corrected chi connectivity index (χ3v) is 5.52. The van der Waals surface area contributed by atoms with Crippen LogP contribution in [0.5, 0.6) is 0 Å². The summed E-state index contributed by atoms with van der Waals surface area (Å²) < 4.78 is 38.8.